The van der Waals surface area contributed by atoms with E-state index >= 15 is 0 Å². The molecule has 1 heterocycles. The third-order valence-electron chi connectivity index (χ3n) is 5.46. The lowest BCUT2D eigenvalue weighted by atomic mass is 9.60. The van der Waals surface area contributed by atoms with Gasteiger partial charge in [-0.15, -0.1) is 17.0 Å². The number of hydrogen-bond acceptors (Lipinski definition) is 2. The zero-order valence-corrected chi connectivity index (χ0v) is 13.7. The van der Waals surface area contributed by atoms with Gasteiger partial charge in [0, 0.05) is 6.54 Å². The topological polar surface area (TPSA) is 23.5 Å². The summed E-state index contributed by atoms with van der Waals surface area (Å²) in [6.07, 6.45) is 2.36. The SMILES string of the molecule is Br.CC1C2Cc3ccc(O)cc3C1(C)CCN(C)C2. The molecule has 3 rings (SSSR count). The quantitative estimate of drug-likeness (QED) is 0.790. The molecule has 1 N–H and O–H groups in total. The van der Waals surface area contributed by atoms with Gasteiger partial charge in [0.15, 0.2) is 0 Å². The number of phenolic OH excluding ortho intramolecular Hbond substituents is 1. The Hall–Kier alpha value is -0.540. The molecule has 106 valence electrons. The van der Waals surface area contributed by atoms with Gasteiger partial charge in [-0.2, -0.15) is 0 Å². The highest BCUT2D eigenvalue weighted by atomic mass is 79.9. The summed E-state index contributed by atoms with van der Waals surface area (Å²) in [4.78, 5) is 2.47. The van der Waals surface area contributed by atoms with E-state index in [0.717, 1.165) is 18.9 Å². The number of phenols is 1. The van der Waals surface area contributed by atoms with Gasteiger partial charge in [-0.25, -0.2) is 0 Å². The van der Waals surface area contributed by atoms with E-state index < -0.39 is 0 Å². The van der Waals surface area contributed by atoms with Crippen molar-refractivity contribution >= 4 is 17.0 Å². The Bertz CT molecular complexity index is 476. The van der Waals surface area contributed by atoms with Crippen molar-refractivity contribution in [3.05, 3.63) is 29.3 Å². The molecular weight excluding hydrogens is 302 g/mol. The van der Waals surface area contributed by atoms with Crippen LogP contribution in [-0.4, -0.2) is 30.1 Å². The standard InChI is InChI=1S/C16H23NO.BrH/c1-11-13-8-12-4-5-14(18)9-15(12)16(11,2)6-7-17(3)10-13;/h4-5,9,11,13,18H,6-8,10H2,1-3H3;1H. The van der Waals surface area contributed by atoms with Crippen LogP contribution in [0.1, 0.15) is 31.4 Å². The fourth-order valence-electron chi connectivity index (χ4n) is 4.00. The number of aromatic hydroxyl groups is 1. The monoisotopic (exact) mass is 325 g/mol. The van der Waals surface area contributed by atoms with Crippen LogP contribution in [0.3, 0.4) is 0 Å². The highest BCUT2D eigenvalue weighted by Gasteiger charge is 2.44. The molecule has 1 aliphatic heterocycles. The fourth-order valence-corrected chi connectivity index (χ4v) is 4.00. The Morgan fingerprint density at radius 1 is 1.37 bits per heavy atom. The first-order chi connectivity index (χ1) is 8.50. The van der Waals surface area contributed by atoms with Crippen molar-refractivity contribution in [2.45, 2.75) is 32.1 Å². The van der Waals surface area contributed by atoms with E-state index in [0.29, 0.717) is 11.7 Å². The molecule has 1 aromatic rings. The van der Waals surface area contributed by atoms with Crippen LogP contribution in [0.25, 0.3) is 0 Å². The summed E-state index contributed by atoms with van der Waals surface area (Å²) in [7, 11) is 2.24. The van der Waals surface area contributed by atoms with E-state index in [-0.39, 0.29) is 22.4 Å². The molecule has 3 atom stereocenters. The molecule has 2 aliphatic rings. The third kappa shape index (κ3) is 2.31. The van der Waals surface area contributed by atoms with Crippen LogP contribution in [0.2, 0.25) is 0 Å². The molecule has 0 radical (unpaired) electrons. The summed E-state index contributed by atoms with van der Waals surface area (Å²) >= 11 is 0. The number of likely N-dealkylation sites (tertiary alicyclic amines) is 1. The van der Waals surface area contributed by atoms with Crippen LogP contribution >= 0.6 is 17.0 Å². The Balaban J connectivity index is 0.00000133. The van der Waals surface area contributed by atoms with Crippen LogP contribution in [0, 0.1) is 11.8 Å². The lowest BCUT2D eigenvalue weighted by Gasteiger charge is -2.44. The molecule has 3 heteroatoms. The van der Waals surface area contributed by atoms with Gasteiger partial charge >= 0.3 is 0 Å². The second kappa shape index (κ2) is 5.10. The Morgan fingerprint density at radius 3 is 2.84 bits per heavy atom. The first-order valence-corrected chi connectivity index (χ1v) is 7.01. The maximum absolute atomic E-state index is 9.80. The molecule has 2 bridgehead atoms. The number of hydrogen-bond donors (Lipinski definition) is 1. The highest BCUT2D eigenvalue weighted by molar-refractivity contribution is 8.93. The molecular formula is C16H24BrNO. The molecule has 1 aromatic carbocycles. The predicted molar refractivity (Wildman–Crippen MR) is 84.3 cm³/mol. The van der Waals surface area contributed by atoms with Crippen LogP contribution in [-0.2, 0) is 11.8 Å². The van der Waals surface area contributed by atoms with E-state index in [2.05, 4.69) is 31.9 Å². The van der Waals surface area contributed by atoms with E-state index in [1.165, 1.54) is 24.1 Å². The number of fused-ring (bicyclic) bond motifs is 4. The molecule has 0 saturated carbocycles. The Kier molecular flexibility index (Phi) is 3.99. The number of halogens is 1. The maximum atomic E-state index is 9.80. The minimum atomic E-state index is 0. The Morgan fingerprint density at radius 2 is 2.11 bits per heavy atom. The average molecular weight is 326 g/mol. The normalized spacial score (nSPS) is 34.1. The van der Waals surface area contributed by atoms with E-state index in [9.17, 15) is 5.11 Å². The predicted octanol–water partition coefficient (Wildman–Crippen LogP) is 3.37. The minimum absolute atomic E-state index is 0. The van der Waals surface area contributed by atoms with Gasteiger partial charge in [-0.1, -0.05) is 19.9 Å². The molecule has 1 aliphatic carbocycles. The summed E-state index contributed by atoms with van der Waals surface area (Å²) < 4.78 is 0. The van der Waals surface area contributed by atoms with Crippen molar-refractivity contribution in [2.24, 2.45) is 11.8 Å². The second-order valence-corrected chi connectivity index (χ2v) is 6.52. The largest absolute Gasteiger partial charge is 0.508 e. The average Bonchev–Trinajstić information content (AvgIpc) is 2.41. The van der Waals surface area contributed by atoms with Gasteiger partial charge in [-0.05, 0) is 66.9 Å². The zero-order valence-electron chi connectivity index (χ0n) is 12.0. The maximum Gasteiger partial charge on any atom is 0.115 e. The van der Waals surface area contributed by atoms with Gasteiger partial charge in [0.2, 0.25) is 0 Å². The first-order valence-electron chi connectivity index (χ1n) is 7.01. The van der Waals surface area contributed by atoms with Gasteiger partial charge in [0.1, 0.15) is 5.75 Å². The summed E-state index contributed by atoms with van der Waals surface area (Å²) in [5.74, 6) is 1.86. The van der Waals surface area contributed by atoms with Crippen molar-refractivity contribution in [1.29, 1.82) is 0 Å². The minimum Gasteiger partial charge on any atom is -0.508 e. The van der Waals surface area contributed by atoms with Crippen molar-refractivity contribution < 1.29 is 5.11 Å². The van der Waals surface area contributed by atoms with Gasteiger partial charge in [0.05, 0.1) is 0 Å². The molecule has 0 aromatic heterocycles. The summed E-state index contributed by atoms with van der Waals surface area (Å²) in [6.45, 7) is 7.15. The lowest BCUT2D eigenvalue weighted by Crippen LogP contribution is -2.41. The van der Waals surface area contributed by atoms with Crippen molar-refractivity contribution in [2.75, 3.05) is 20.1 Å². The molecule has 1 fully saturated rings. The van der Waals surface area contributed by atoms with Crippen LogP contribution in [0.15, 0.2) is 18.2 Å². The molecule has 2 nitrogen and oxygen atoms in total. The third-order valence-corrected chi connectivity index (χ3v) is 5.46. The summed E-state index contributed by atoms with van der Waals surface area (Å²) in [5, 5.41) is 9.80. The van der Waals surface area contributed by atoms with E-state index in [1.54, 1.807) is 0 Å². The fraction of sp³-hybridized carbons (Fsp3) is 0.625. The van der Waals surface area contributed by atoms with Gasteiger partial charge < -0.3 is 10.0 Å². The van der Waals surface area contributed by atoms with Crippen molar-refractivity contribution in [3.8, 4) is 5.75 Å². The number of rotatable bonds is 0. The van der Waals surface area contributed by atoms with Gasteiger partial charge in [-0.3, -0.25) is 0 Å². The summed E-state index contributed by atoms with van der Waals surface area (Å²) in [5.41, 5.74) is 3.07. The highest BCUT2D eigenvalue weighted by Crippen LogP contribution is 2.48. The number of nitrogens with zero attached hydrogens (tertiary/aromatic N) is 1. The smallest absolute Gasteiger partial charge is 0.115 e. The summed E-state index contributed by atoms with van der Waals surface area (Å²) in [6, 6.07) is 5.98. The lowest BCUT2D eigenvalue weighted by molar-refractivity contribution is 0.197. The molecule has 19 heavy (non-hydrogen) atoms. The number of benzene rings is 1. The molecule has 1 saturated heterocycles. The second-order valence-electron chi connectivity index (χ2n) is 6.52. The van der Waals surface area contributed by atoms with Crippen LogP contribution < -0.4 is 0 Å². The first kappa shape index (κ1) is 14.9. The van der Waals surface area contributed by atoms with E-state index in [4.69, 9.17) is 0 Å². The van der Waals surface area contributed by atoms with Gasteiger partial charge in [0.25, 0.3) is 0 Å². The molecule has 0 spiro atoms. The molecule has 0 amide bonds. The molecule has 3 unspecified atom stereocenters. The zero-order chi connectivity index (χ0) is 12.9. The van der Waals surface area contributed by atoms with Crippen molar-refractivity contribution in [1.82, 2.24) is 4.90 Å². The van der Waals surface area contributed by atoms with Crippen LogP contribution in [0.5, 0.6) is 5.75 Å². The van der Waals surface area contributed by atoms with E-state index in [1.807, 2.05) is 12.1 Å². The van der Waals surface area contributed by atoms with Crippen LogP contribution in [0.4, 0.5) is 0 Å². The van der Waals surface area contributed by atoms with Crippen molar-refractivity contribution in [3.63, 3.8) is 0 Å². The Labute approximate surface area is 126 Å².